The number of anilines is 1. The fourth-order valence-corrected chi connectivity index (χ4v) is 5.88. The number of aryl methyl sites for hydroxylation is 1. The third-order valence-electron chi connectivity index (χ3n) is 7.98. The fraction of sp³-hybridized carbons (Fsp3) is 0.353. The molecule has 4 aromatic rings. The van der Waals surface area contributed by atoms with Gasteiger partial charge in [0.15, 0.2) is 5.78 Å². The summed E-state index contributed by atoms with van der Waals surface area (Å²) < 4.78 is 0. The molecule has 1 aliphatic rings. The van der Waals surface area contributed by atoms with Crippen molar-refractivity contribution in [1.82, 2.24) is 10.3 Å². The Morgan fingerprint density at radius 1 is 0.975 bits per heavy atom. The van der Waals surface area contributed by atoms with Gasteiger partial charge in [-0.2, -0.15) is 0 Å². The van der Waals surface area contributed by atoms with E-state index in [1.54, 1.807) is 0 Å². The van der Waals surface area contributed by atoms with E-state index in [9.17, 15) is 14.7 Å². The summed E-state index contributed by atoms with van der Waals surface area (Å²) in [5, 5.41) is 14.3. The van der Waals surface area contributed by atoms with E-state index in [4.69, 9.17) is 0 Å². The van der Waals surface area contributed by atoms with Gasteiger partial charge in [-0.3, -0.25) is 9.59 Å². The number of carbonyl (C=O) groups excluding carboxylic acids is 2. The minimum Gasteiger partial charge on any atom is -0.394 e. The van der Waals surface area contributed by atoms with Crippen molar-refractivity contribution >= 4 is 28.3 Å². The predicted octanol–water partition coefficient (Wildman–Crippen LogP) is 5.62. The van der Waals surface area contributed by atoms with Crippen LogP contribution in [-0.2, 0) is 24.1 Å². The first-order valence-corrected chi connectivity index (χ1v) is 14.5. The van der Waals surface area contributed by atoms with Gasteiger partial charge >= 0.3 is 0 Å². The Morgan fingerprint density at radius 2 is 1.70 bits per heavy atom. The number of H-pyrrole nitrogens is 1. The fourth-order valence-electron chi connectivity index (χ4n) is 5.88. The van der Waals surface area contributed by atoms with Gasteiger partial charge in [0, 0.05) is 35.8 Å². The van der Waals surface area contributed by atoms with Crippen molar-refractivity contribution in [3.63, 3.8) is 0 Å². The van der Waals surface area contributed by atoms with Crippen LogP contribution in [0.4, 0.5) is 5.69 Å². The third kappa shape index (κ3) is 6.13. The van der Waals surface area contributed by atoms with Crippen LogP contribution < -0.4 is 10.2 Å². The highest BCUT2D eigenvalue weighted by atomic mass is 16.3. The van der Waals surface area contributed by atoms with Crippen LogP contribution in [0.15, 0.2) is 79.0 Å². The summed E-state index contributed by atoms with van der Waals surface area (Å²) in [6.45, 7) is 2.77. The van der Waals surface area contributed by atoms with Gasteiger partial charge < -0.3 is 20.3 Å². The SMILES string of the molecule is CCCCCN1c2ccc(C(=O)Cc3ccccc3)c3[nH]cc(c23)C[C@@H](CO)NC(=O)[C@@H]1CCc1ccccc1. The zero-order chi connectivity index (χ0) is 27.9. The molecule has 0 aliphatic carbocycles. The number of aliphatic hydroxyl groups is 1. The lowest BCUT2D eigenvalue weighted by Gasteiger charge is -2.34. The first-order valence-electron chi connectivity index (χ1n) is 14.5. The summed E-state index contributed by atoms with van der Waals surface area (Å²) in [5.74, 6) is -0.00455. The van der Waals surface area contributed by atoms with Gasteiger partial charge in [0.2, 0.25) is 5.91 Å². The van der Waals surface area contributed by atoms with Crippen molar-refractivity contribution in [1.29, 1.82) is 0 Å². The summed E-state index contributed by atoms with van der Waals surface area (Å²) in [6.07, 6.45) is 7.28. The summed E-state index contributed by atoms with van der Waals surface area (Å²) >= 11 is 0. The van der Waals surface area contributed by atoms with Crippen LogP contribution in [0.5, 0.6) is 0 Å². The van der Waals surface area contributed by atoms with Crippen molar-refractivity contribution in [2.24, 2.45) is 0 Å². The molecule has 1 aromatic heterocycles. The van der Waals surface area contributed by atoms with E-state index in [1.807, 2.05) is 66.9 Å². The second kappa shape index (κ2) is 13.0. The minimum absolute atomic E-state index is 0.0529. The van der Waals surface area contributed by atoms with Gasteiger partial charge in [0.25, 0.3) is 0 Å². The Morgan fingerprint density at radius 3 is 2.40 bits per heavy atom. The molecule has 0 radical (unpaired) electrons. The molecule has 0 unspecified atom stereocenters. The number of Topliss-reactive ketones (excluding diaryl/α,β-unsaturated/α-hetero) is 1. The topological polar surface area (TPSA) is 85.4 Å². The molecule has 2 atom stereocenters. The highest BCUT2D eigenvalue weighted by molar-refractivity contribution is 6.12. The molecule has 0 saturated heterocycles. The lowest BCUT2D eigenvalue weighted by molar-refractivity contribution is -0.123. The second-order valence-electron chi connectivity index (χ2n) is 10.8. The van der Waals surface area contributed by atoms with Crippen LogP contribution in [-0.4, -0.2) is 47.0 Å². The van der Waals surface area contributed by atoms with Crippen LogP contribution in [0.1, 0.15) is 59.7 Å². The molecule has 5 rings (SSSR count). The molecule has 0 fully saturated rings. The summed E-state index contributed by atoms with van der Waals surface area (Å²) in [5.41, 5.74) is 5.61. The number of nitrogens with one attached hydrogen (secondary N) is 2. The molecule has 0 bridgehead atoms. The van der Waals surface area contributed by atoms with E-state index >= 15 is 0 Å². The van der Waals surface area contributed by atoms with Crippen molar-refractivity contribution in [3.05, 3.63) is 101 Å². The van der Waals surface area contributed by atoms with Gasteiger partial charge in [-0.05, 0) is 54.5 Å². The number of hydrogen-bond donors (Lipinski definition) is 3. The standard InChI is InChI=1S/C34H39N3O3/c1-2-3-10-19-37-29-18-16-28(31(39)20-25-13-8-5-9-14-25)33-32(29)26(22-35-33)21-27(23-38)36-34(40)30(37)17-15-24-11-6-4-7-12-24/h4-9,11-14,16,18,22,27,30,35,38H,2-3,10,15,17,19-21,23H2,1H3,(H,36,40)/t27-,30-/m0/s1. The van der Waals surface area contributed by atoms with Crippen LogP contribution >= 0.6 is 0 Å². The van der Waals surface area contributed by atoms with Gasteiger partial charge in [0.05, 0.1) is 18.2 Å². The van der Waals surface area contributed by atoms with E-state index in [2.05, 4.69) is 34.3 Å². The molecule has 0 spiro atoms. The molecule has 0 saturated carbocycles. The molecule has 3 aromatic carbocycles. The number of aliphatic hydroxyl groups excluding tert-OH is 1. The Kier molecular flexibility index (Phi) is 8.97. The Labute approximate surface area is 236 Å². The largest absolute Gasteiger partial charge is 0.394 e. The molecular weight excluding hydrogens is 498 g/mol. The minimum atomic E-state index is -0.405. The number of unbranched alkanes of at least 4 members (excludes halogenated alkanes) is 2. The van der Waals surface area contributed by atoms with E-state index < -0.39 is 12.1 Å². The van der Waals surface area contributed by atoms with E-state index in [0.717, 1.165) is 59.9 Å². The maximum atomic E-state index is 13.8. The second-order valence-corrected chi connectivity index (χ2v) is 10.8. The first-order chi connectivity index (χ1) is 19.6. The highest BCUT2D eigenvalue weighted by Crippen LogP contribution is 2.36. The van der Waals surface area contributed by atoms with Crippen LogP contribution in [0.3, 0.4) is 0 Å². The smallest absolute Gasteiger partial charge is 0.243 e. The number of ketones is 1. The van der Waals surface area contributed by atoms with Crippen LogP contribution in [0.25, 0.3) is 10.9 Å². The zero-order valence-corrected chi connectivity index (χ0v) is 23.2. The normalized spacial score (nSPS) is 17.2. The highest BCUT2D eigenvalue weighted by Gasteiger charge is 2.32. The van der Waals surface area contributed by atoms with Gasteiger partial charge in [-0.1, -0.05) is 80.4 Å². The van der Waals surface area contributed by atoms with E-state index in [0.29, 0.717) is 24.8 Å². The number of rotatable bonds is 11. The van der Waals surface area contributed by atoms with Crippen molar-refractivity contribution in [3.8, 4) is 0 Å². The molecule has 40 heavy (non-hydrogen) atoms. The van der Waals surface area contributed by atoms with E-state index in [1.165, 1.54) is 5.56 Å². The lowest BCUT2D eigenvalue weighted by atomic mass is 9.96. The maximum Gasteiger partial charge on any atom is 0.243 e. The van der Waals surface area contributed by atoms with Crippen LogP contribution in [0.2, 0.25) is 0 Å². The van der Waals surface area contributed by atoms with Gasteiger partial charge in [0.1, 0.15) is 6.04 Å². The number of nitrogens with zero attached hydrogens (tertiary/aromatic N) is 1. The number of aromatic amines is 1. The number of hydrogen-bond acceptors (Lipinski definition) is 4. The first kappa shape index (κ1) is 27.7. The number of amides is 1. The van der Waals surface area contributed by atoms with Crippen LogP contribution in [0, 0.1) is 0 Å². The predicted molar refractivity (Wildman–Crippen MR) is 161 cm³/mol. The Bertz CT molecular complexity index is 1430. The summed E-state index contributed by atoms with van der Waals surface area (Å²) in [6, 6.07) is 23.2. The van der Waals surface area contributed by atoms with Gasteiger partial charge in [-0.15, -0.1) is 0 Å². The molecule has 6 nitrogen and oxygen atoms in total. The molecule has 3 N–H and O–H groups in total. The zero-order valence-electron chi connectivity index (χ0n) is 23.2. The average Bonchev–Trinajstić information content (AvgIpc) is 3.41. The number of aromatic nitrogens is 1. The van der Waals surface area contributed by atoms with Crippen molar-refractivity contribution in [2.45, 2.75) is 64.0 Å². The quantitative estimate of drug-likeness (QED) is 0.171. The third-order valence-corrected chi connectivity index (χ3v) is 7.98. The van der Waals surface area contributed by atoms with Crippen molar-refractivity contribution < 1.29 is 14.7 Å². The average molecular weight is 538 g/mol. The summed E-state index contributed by atoms with van der Waals surface area (Å²) in [7, 11) is 0. The molecular formula is C34H39N3O3. The Hall–Kier alpha value is -3.90. The Balaban J connectivity index is 1.58. The molecule has 1 aliphatic heterocycles. The number of carbonyl (C=O) groups is 2. The summed E-state index contributed by atoms with van der Waals surface area (Å²) in [4.78, 5) is 33.0. The molecule has 6 heteroatoms. The van der Waals surface area contributed by atoms with E-state index in [-0.39, 0.29) is 18.3 Å². The number of benzene rings is 3. The maximum absolute atomic E-state index is 13.8. The van der Waals surface area contributed by atoms with Crippen molar-refractivity contribution in [2.75, 3.05) is 18.1 Å². The monoisotopic (exact) mass is 537 g/mol. The molecule has 1 amide bonds. The molecule has 2 heterocycles. The van der Waals surface area contributed by atoms with Gasteiger partial charge in [-0.25, -0.2) is 0 Å². The lowest BCUT2D eigenvalue weighted by Crippen LogP contribution is -2.51. The molecule has 208 valence electrons.